The number of hydrogen-bond acceptors (Lipinski definition) is 6. The van der Waals surface area contributed by atoms with Crippen molar-refractivity contribution in [1.82, 2.24) is 16.1 Å². The van der Waals surface area contributed by atoms with Gasteiger partial charge in [0.15, 0.2) is 6.61 Å². The van der Waals surface area contributed by atoms with Crippen molar-refractivity contribution >= 4 is 46.8 Å². The number of thioether (sulfide) groups is 1. The van der Waals surface area contributed by atoms with E-state index in [9.17, 15) is 14.4 Å². The number of carbonyl (C=O) groups excluding carboxylic acids is 3. The number of Topliss-reactive ketones (excluding diaryl/α,β-unsaturated/α-hetero) is 1. The second-order valence-electron chi connectivity index (χ2n) is 8.50. The van der Waals surface area contributed by atoms with Crippen LogP contribution in [0.1, 0.15) is 38.3 Å². The third-order valence-electron chi connectivity index (χ3n) is 5.30. The molecule has 0 saturated heterocycles. The summed E-state index contributed by atoms with van der Waals surface area (Å²) in [6.45, 7) is 6.28. The molecule has 0 aromatic heterocycles. The van der Waals surface area contributed by atoms with Crippen LogP contribution in [0, 0.1) is 5.92 Å². The molecule has 10 heteroatoms. The van der Waals surface area contributed by atoms with Crippen molar-refractivity contribution in [2.75, 3.05) is 25.4 Å². The number of halogens is 1. The number of ether oxygens (including phenoxy) is 1. The highest BCUT2D eigenvalue weighted by molar-refractivity contribution is 7.99. The van der Waals surface area contributed by atoms with Crippen molar-refractivity contribution in [3.63, 3.8) is 0 Å². The van der Waals surface area contributed by atoms with E-state index in [0.29, 0.717) is 48.2 Å². The van der Waals surface area contributed by atoms with Gasteiger partial charge in [-0.1, -0.05) is 48.9 Å². The minimum absolute atomic E-state index is 0.0268. The smallest absolute Gasteiger partial charge is 0.335 e. The standard InChI is InChI=1S/C27H35ClN4O4S/c1-4-29-26(34)16-36-23-11-9-21(10-12-23)13-14-30-27(35)32-31-25(19(2)15-20(3)33)18-37-17-22-7-5-6-8-24(22)28/h5-12,19H,4,13-18H2,1-3H3,(H,29,34)(H2,30,32,35)/b31-25-/t19-/m0/s1. The highest BCUT2D eigenvalue weighted by atomic mass is 35.5. The normalized spacial score (nSPS) is 11.9. The minimum Gasteiger partial charge on any atom is -0.484 e. The molecule has 3 amide bonds. The highest BCUT2D eigenvalue weighted by Crippen LogP contribution is 2.22. The van der Waals surface area contributed by atoms with Gasteiger partial charge in [-0.3, -0.25) is 4.79 Å². The van der Waals surface area contributed by atoms with Gasteiger partial charge in [0.2, 0.25) is 0 Å². The summed E-state index contributed by atoms with van der Waals surface area (Å²) < 4.78 is 5.44. The second-order valence-corrected chi connectivity index (χ2v) is 9.89. The van der Waals surface area contributed by atoms with Crippen LogP contribution in [0.2, 0.25) is 5.02 Å². The molecule has 0 aliphatic rings. The summed E-state index contributed by atoms with van der Waals surface area (Å²) in [4.78, 5) is 35.4. The molecule has 0 aliphatic carbocycles. The monoisotopic (exact) mass is 546 g/mol. The molecule has 0 aliphatic heterocycles. The molecule has 8 nitrogen and oxygen atoms in total. The molecule has 2 aromatic rings. The third-order valence-corrected chi connectivity index (χ3v) is 6.68. The van der Waals surface area contributed by atoms with Crippen molar-refractivity contribution in [3.05, 3.63) is 64.7 Å². The first-order valence-electron chi connectivity index (χ1n) is 12.2. The van der Waals surface area contributed by atoms with E-state index in [1.54, 1.807) is 30.8 Å². The Kier molecular flexibility index (Phi) is 13.6. The number of urea groups is 1. The molecule has 0 bridgehead atoms. The summed E-state index contributed by atoms with van der Waals surface area (Å²) in [5, 5.41) is 10.5. The SMILES string of the molecule is CCNC(=O)COc1ccc(CCNC(=O)N/N=C(/CSCc2ccccc2Cl)[C@@H](C)CC(C)=O)cc1. The molecule has 2 rings (SSSR count). The number of amides is 3. The molecule has 3 N–H and O–H groups in total. The zero-order valence-electron chi connectivity index (χ0n) is 21.5. The molecular weight excluding hydrogens is 512 g/mol. The van der Waals surface area contributed by atoms with E-state index in [4.69, 9.17) is 16.3 Å². The van der Waals surface area contributed by atoms with Crippen molar-refractivity contribution in [2.24, 2.45) is 11.0 Å². The van der Waals surface area contributed by atoms with Gasteiger partial charge < -0.3 is 20.2 Å². The first-order valence-corrected chi connectivity index (χ1v) is 13.7. The number of rotatable bonds is 15. The summed E-state index contributed by atoms with van der Waals surface area (Å²) >= 11 is 7.86. The van der Waals surface area contributed by atoms with Crippen LogP contribution < -0.4 is 20.8 Å². The van der Waals surface area contributed by atoms with Gasteiger partial charge in [0.05, 0.1) is 5.71 Å². The van der Waals surface area contributed by atoms with Gasteiger partial charge in [-0.15, -0.1) is 0 Å². The lowest BCUT2D eigenvalue weighted by atomic mass is 10.0. The van der Waals surface area contributed by atoms with E-state index in [1.165, 1.54) is 0 Å². The molecule has 200 valence electrons. The number of benzene rings is 2. The van der Waals surface area contributed by atoms with Crippen LogP contribution in [0.15, 0.2) is 53.6 Å². The minimum atomic E-state index is -0.412. The summed E-state index contributed by atoms with van der Waals surface area (Å²) in [7, 11) is 0. The second kappa shape index (κ2) is 16.7. The Hall–Kier alpha value is -3.04. The third kappa shape index (κ3) is 12.2. The van der Waals surface area contributed by atoms with Crippen LogP contribution in [0.5, 0.6) is 5.75 Å². The summed E-state index contributed by atoms with van der Waals surface area (Å²) in [6.07, 6.45) is 0.979. The molecule has 0 saturated carbocycles. The highest BCUT2D eigenvalue weighted by Gasteiger charge is 2.15. The largest absolute Gasteiger partial charge is 0.484 e. The number of hydrogen-bond donors (Lipinski definition) is 3. The van der Waals surface area contributed by atoms with Gasteiger partial charge in [-0.05, 0) is 49.6 Å². The Morgan fingerprint density at radius 2 is 1.81 bits per heavy atom. The van der Waals surface area contributed by atoms with Gasteiger partial charge in [0.25, 0.3) is 5.91 Å². The predicted octanol–water partition coefficient (Wildman–Crippen LogP) is 4.60. The Labute approximate surface area is 228 Å². The van der Waals surface area contributed by atoms with E-state index in [0.717, 1.165) is 16.8 Å². The fourth-order valence-electron chi connectivity index (χ4n) is 3.35. The summed E-state index contributed by atoms with van der Waals surface area (Å²) in [5.74, 6) is 1.69. The first kappa shape index (κ1) is 30.2. The van der Waals surface area contributed by atoms with E-state index >= 15 is 0 Å². The number of nitrogens with zero attached hydrogens (tertiary/aromatic N) is 1. The van der Waals surface area contributed by atoms with Crippen LogP contribution >= 0.6 is 23.4 Å². The molecule has 1 atom stereocenters. The Morgan fingerprint density at radius 3 is 2.49 bits per heavy atom. The number of hydrazone groups is 1. The number of ketones is 1. The van der Waals surface area contributed by atoms with Crippen molar-refractivity contribution in [3.8, 4) is 5.75 Å². The average Bonchev–Trinajstić information content (AvgIpc) is 2.86. The molecule has 2 aromatic carbocycles. The first-order chi connectivity index (χ1) is 17.8. The van der Waals surface area contributed by atoms with E-state index in [2.05, 4.69) is 21.2 Å². The maximum Gasteiger partial charge on any atom is 0.335 e. The van der Waals surface area contributed by atoms with Gasteiger partial charge in [-0.2, -0.15) is 16.9 Å². The number of carbonyl (C=O) groups is 3. The van der Waals surface area contributed by atoms with Crippen LogP contribution in [-0.4, -0.2) is 48.9 Å². The average molecular weight is 547 g/mol. The van der Waals surface area contributed by atoms with Crippen molar-refractivity contribution < 1.29 is 19.1 Å². The molecular formula is C27H35ClN4O4S. The quantitative estimate of drug-likeness (QED) is 0.223. The van der Waals surface area contributed by atoms with E-state index in [1.807, 2.05) is 50.2 Å². The fourth-order valence-corrected chi connectivity index (χ4v) is 4.76. The molecule has 0 heterocycles. The van der Waals surface area contributed by atoms with Crippen molar-refractivity contribution in [2.45, 2.75) is 39.4 Å². The van der Waals surface area contributed by atoms with E-state index in [-0.39, 0.29) is 24.2 Å². The Balaban J connectivity index is 1.81. The van der Waals surface area contributed by atoms with Crippen LogP contribution in [0.3, 0.4) is 0 Å². The zero-order valence-corrected chi connectivity index (χ0v) is 23.1. The molecule has 0 unspecified atom stereocenters. The zero-order chi connectivity index (χ0) is 27.0. The van der Waals surface area contributed by atoms with Crippen LogP contribution in [-0.2, 0) is 21.8 Å². The maximum atomic E-state index is 12.3. The maximum absolute atomic E-state index is 12.3. The van der Waals surface area contributed by atoms with E-state index < -0.39 is 6.03 Å². The number of likely N-dealkylation sites (N-methyl/N-ethyl adjacent to an activating group) is 1. The lowest BCUT2D eigenvalue weighted by Crippen LogP contribution is -2.35. The van der Waals surface area contributed by atoms with Crippen LogP contribution in [0.25, 0.3) is 0 Å². The lowest BCUT2D eigenvalue weighted by molar-refractivity contribution is -0.123. The predicted molar refractivity (Wildman–Crippen MR) is 150 cm³/mol. The molecule has 37 heavy (non-hydrogen) atoms. The van der Waals surface area contributed by atoms with Gasteiger partial charge >= 0.3 is 6.03 Å². The topological polar surface area (TPSA) is 109 Å². The lowest BCUT2D eigenvalue weighted by Gasteiger charge is -2.14. The molecule has 0 fully saturated rings. The Bertz CT molecular complexity index is 1060. The summed E-state index contributed by atoms with van der Waals surface area (Å²) in [5.41, 5.74) is 5.34. The molecule has 0 radical (unpaired) electrons. The summed E-state index contributed by atoms with van der Waals surface area (Å²) in [6, 6.07) is 14.6. The van der Waals surface area contributed by atoms with Gasteiger partial charge in [0, 0.05) is 42.0 Å². The number of nitrogens with one attached hydrogen (secondary N) is 3. The molecule has 0 spiro atoms. The van der Waals surface area contributed by atoms with Crippen LogP contribution in [0.4, 0.5) is 4.79 Å². The Morgan fingerprint density at radius 1 is 1.08 bits per heavy atom. The fraction of sp³-hybridized carbons (Fsp3) is 0.407. The van der Waals surface area contributed by atoms with Gasteiger partial charge in [-0.25, -0.2) is 10.2 Å². The van der Waals surface area contributed by atoms with Crippen molar-refractivity contribution in [1.29, 1.82) is 0 Å². The van der Waals surface area contributed by atoms with Gasteiger partial charge in [0.1, 0.15) is 11.5 Å².